The predicted octanol–water partition coefficient (Wildman–Crippen LogP) is 1.08. The Labute approximate surface area is 145 Å². The number of nitrogen functional groups attached to an aromatic ring is 1. The van der Waals surface area contributed by atoms with Gasteiger partial charge in [0.1, 0.15) is 24.2 Å². The number of nitrogens with two attached hydrogens (primary N) is 2. The highest BCUT2D eigenvalue weighted by Gasteiger charge is 2.21. The minimum atomic E-state index is -0.440. The number of anilines is 1. The van der Waals surface area contributed by atoms with Gasteiger partial charge in [0.15, 0.2) is 18.0 Å². The molecule has 0 aliphatic carbocycles. The van der Waals surface area contributed by atoms with E-state index in [0.29, 0.717) is 30.6 Å². The molecule has 1 heterocycles. The van der Waals surface area contributed by atoms with Crippen molar-refractivity contribution in [1.29, 1.82) is 0 Å². The average molecular weight is 341 g/mol. The maximum absolute atomic E-state index is 11.3. The molecule has 0 saturated heterocycles. The third-order valence-electron chi connectivity index (χ3n) is 3.97. The molecule has 2 aromatic carbocycles. The lowest BCUT2D eigenvalue weighted by Gasteiger charge is -2.10. The third-order valence-corrected chi connectivity index (χ3v) is 3.97. The van der Waals surface area contributed by atoms with Gasteiger partial charge in [-0.25, -0.2) is 9.13 Å². The number of benzene rings is 2. The zero-order valence-corrected chi connectivity index (χ0v) is 14.0. The van der Waals surface area contributed by atoms with Gasteiger partial charge in [0, 0.05) is 0 Å². The molecule has 1 aromatic heterocycles. The first-order valence-corrected chi connectivity index (χ1v) is 7.92. The molecule has 7 heteroatoms. The summed E-state index contributed by atoms with van der Waals surface area (Å²) in [5, 5.41) is 0. The Morgan fingerprint density at radius 1 is 1.12 bits per heavy atom. The zero-order chi connectivity index (χ0) is 17.8. The van der Waals surface area contributed by atoms with Crippen LogP contribution in [0.3, 0.4) is 0 Å². The summed E-state index contributed by atoms with van der Waals surface area (Å²) < 4.78 is 14.7. The SMILES string of the molecule is COc1ccccc1OCCn1c(N)[n+](CC(N)=O)c2ccccc21. The standard InChI is InChI=1S/C18H20N4O3/c1-24-15-8-4-5-9-16(15)25-11-10-21-13-6-2-3-7-14(13)22(18(21)20)12-17(19)23/h2-9,20H,10-12H2,1H3,(H2,19,23)/p+1. The van der Waals surface area contributed by atoms with Crippen LogP contribution < -0.4 is 25.5 Å². The highest BCUT2D eigenvalue weighted by molar-refractivity contribution is 5.76. The number of nitrogens with zero attached hydrogens (tertiary/aromatic N) is 2. The lowest BCUT2D eigenvalue weighted by atomic mass is 10.3. The van der Waals surface area contributed by atoms with Crippen LogP contribution in [0.15, 0.2) is 48.5 Å². The van der Waals surface area contributed by atoms with Gasteiger partial charge in [-0.2, -0.15) is 0 Å². The molecule has 7 nitrogen and oxygen atoms in total. The number of aromatic nitrogens is 2. The smallest absolute Gasteiger partial charge is 0.356 e. The van der Waals surface area contributed by atoms with E-state index in [1.807, 2.05) is 53.1 Å². The number of hydrogen-bond acceptors (Lipinski definition) is 4. The molecule has 4 N–H and O–H groups in total. The molecule has 0 saturated carbocycles. The number of para-hydroxylation sites is 4. The van der Waals surface area contributed by atoms with Gasteiger partial charge in [-0.15, -0.1) is 0 Å². The average Bonchev–Trinajstić information content (AvgIpc) is 2.87. The Balaban J connectivity index is 1.84. The summed E-state index contributed by atoms with van der Waals surface area (Å²) in [4.78, 5) is 11.3. The molecule has 25 heavy (non-hydrogen) atoms. The normalized spacial score (nSPS) is 10.8. The van der Waals surface area contributed by atoms with Gasteiger partial charge in [-0.3, -0.25) is 10.5 Å². The Morgan fingerprint density at radius 3 is 2.52 bits per heavy atom. The molecule has 0 aliphatic heterocycles. The molecule has 1 amide bonds. The highest BCUT2D eigenvalue weighted by atomic mass is 16.5. The first-order valence-electron chi connectivity index (χ1n) is 7.92. The van der Waals surface area contributed by atoms with Crippen LogP contribution in [-0.4, -0.2) is 24.2 Å². The van der Waals surface area contributed by atoms with Crippen LogP contribution in [0.25, 0.3) is 11.0 Å². The van der Waals surface area contributed by atoms with Crippen molar-refractivity contribution in [2.45, 2.75) is 13.1 Å². The number of fused-ring (bicyclic) bond motifs is 1. The summed E-state index contributed by atoms with van der Waals surface area (Å²) in [7, 11) is 1.60. The number of carbonyl (C=O) groups is 1. The Kier molecular flexibility index (Phi) is 4.74. The largest absolute Gasteiger partial charge is 0.493 e. The minimum Gasteiger partial charge on any atom is -0.493 e. The summed E-state index contributed by atoms with van der Waals surface area (Å²) in [6.07, 6.45) is 0. The Morgan fingerprint density at radius 2 is 1.80 bits per heavy atom. The molecule has 3 rings (SSSR count). The number of carbonyl (C=O) groups excluding carboxylic acids is 1. The summed E-state index contributed by atoms with van der Waals surface area (Å²) in [5.74, 6) is 1.37. The van der Waals surface area contributed by atoms with E-state index in [2.05, 4.69) is 0 Å². The van der Waals surface area contributed by atoms with E-state index in [0.717, 1.165) is 11.0 Å². The fourth-order valence-electron chi connectivity index (χ4n) is 2.86. The van der Waals surface area contributed by atoms with Crippen molar-refractivity contribution >= 4 is 22.9 Å². The number of hydrogen-bond donors (Lipinski definition) is 2. The fourth-order valence-corrected chi connectivity index (χ4v) is 2.86. The molecule has 0 spiro atoms. The predicted molar refractivity (Wildman–Crippen MR) is 94.2 cm³/mol. The van der Waals surface area contributed by atoms with Gasteiger partial charge in [0.2, 0.25) is 0 Å². The van der Waals surface area contributed by atoms with Gasteiger partial charge in [-0.05, 0) is 24.3 Å². The van der Waals surface area contributed by atoms with Crippen molar-refractivity contribution in [2.24, 2.45) is 5.73 Å². The maximum Gasteiger partial charge on any atom is 0.356 e. The molecule has 0 fully saturated rings. The van der Waals surface area contributed by atoms with Gasteiger partial charge < -0.3 is 15.2 Å². The molecule has 0 bridgehead atoms. The van der Waals surface area contributed by atoms with Crippen LogP contribution in [0.1, 0.15) is 0 Å². The lowest BCUT2D eigenvalue weighted by molar-refractivity contribution is -0.644. The van der Waals surface area contributed by atoms with Crippen molar-refractivity contribution in [3.63, 3.8) is 0 Å². The number of imidazole rings is 1. The number of rotatable bonds is 7. The van der Waals surface area contributed by atoms with Gasteiger partial charge in [0.25, 0.3) is 5.91 Å². The number of amides is 1. The van der Waals surface area contributed by atoms with Crippen LogP contribution in [0.2, 0.25) is 0 Å². The maximum atomic E-state index is 11.3. The first-order chi connectivity index (χ1) is 12.1. The lowest BCUT2D eigenvalue weighted by Crippen LogP contribution is -2.42. The number of primary amides is 1. The van der Waals surface area contributed by atoms with E-state index in [9.17, 15) is 4.79 Å². The second-order valence-electron chi connectivity index (χ2n) is 5.55. The molecular weight excluding hydrogens is 320 g/mol. The van der Waals surface area contributed by atoms with Crippen LogP contribution in [0.5, 0.6) is 11.5 Å². The van der Waals surface area contributed by atoms with Gasteiger partial charge >= 0.3 is 5.95 Å². The Bertz CT molecular complexity index is 904. The van der Waals surface area contributed by atoms with E-state index in [4.69, 9.17) is 20.9 Å². The van der Waals surface area contributed by atoms with Gasteiger partial charge in [-0.1, -0.05) is 24.3 Å². The van der Waals surface area contributed by atoms with Crippen molar-refractivity contribution in [3.05, 3.63) is 48.5 Å². The Hall–Kier alpha value is -3.22. The van der Waals surface area contributed by atoms with Crippen LogP contribution >= 0.6 is 0 Å². The van der Waals surface area contributed by atoms with Crippen LogP contribution in [0.4, 0.5) is 5.95 Å². The topological polar surface area (TPSA) is 96.4 Å². The molecule has 3 aromatic rings. The van der Waals surface area contributed by atoms with Gasteiger partial charge in [0.05, 0.1) is 7.11 Å². The van der Waals surface area contributed by atoms with Crippen molar-refractivity contribution in [1.82, 2.24) is 4.57 Å². The van der Waals surface area contributed by atoms with E-state index < -0.39 is 5.91 Å². The summed E-state index contributed by atoms with van der Waals surface area (Å²) >= 11 is 0. The quantitative estimate of drug-likeness (QED) is 0.629. The van der Waals surface area contributed by atoms with E-state index >= 15 is 0 Å². The molecule has 0 aliphatic rings. The zero-order valence-electron chi connectivity index (χ0n) is 14.0. The molecule has 130 valence electrons. The summed E-state index contributed by atoms with van der Waals surface area (Å²) in [6.45, 7) is 0.961. The van der Waals surface area contributed by atoms with Crippen molar-refractivity contribution < 1.29 is 18.8 Å². The monoisotopic (exact) mass is 341 g/mol. The number of methoxy groups -OCH3 is 1. The van der Waals surface area contributed by atoms with Crippen LogP contribution in [0, 0.1) is 0 Å². The molecule has 0 radical (unpaired) electrons. The summed E-state index contributed by atoms with van der Waals surface area (Å²) in [6, 6.07) is 15.1. The number of ether oxygens (including phenoxy) is 2. The van der Waals surface area contributed by atoms with E-state index in [1.54, 1.807) is 11.7 Å². The second-order valence-corrected chi connectivity index (χ2v) is 5.55. The minimum absolute atomic E-state index is 0.0344. The van der Waals surface area contributed by atoms with E-state index in [-0.39, 0.29) is 6.54 Å². The molecule has 0 unspecified atom stereocenters. The summed E-state index contributed by atoms with van der Waals surface area (Å²) in [5.41, 5.74) is 13.4. The van der Waals surface area contributed by atoms with Crippen molar-refractivity contribution in [2.75, 3.05) is 19.5 Å². The van der Waals surface area contributed by atoms with Crippen LogP contribution in [-0.2, 0) is 17.9 Å². The van der Waals surface area contributed by atoms with E-state index in [1.165, 1.54) is 0 Å². The highest BCUT2D eigenvalue weighted by Crippen LogP contribution is 2.26. The first kappa shape index (κ1) is 16.6. The third kappa shape index (κ3) is 3.35. The second kappa shape index (κ2) is 7.12. The van der Waals surface area contributed by atoms with Crippen molar-refractivity contribution in [3.8, 4) is 11.5 Å². The fraction of sp³-hybridized carbons (Fsp3) is 0.222. The molecule has 0 atom stereocenters. The molecular formula is C18H21N4O3+.